The Bertz CT molecular complexity index is 1500. The number of fused-ring (bicyclic) bond motifs is 2. The first-order valence-electron chi connectivity index (χ1n) is 11.2. The van der Waals surface area contributed by atoms with Crippen LogP contribution in [-0.2, 0) is 0 Å². The summed E-state index contributed by atoms with van der Waals surface area (Å²) >= 11 is 0. The highest BCUT2D eigenvalue weighted by Gasteiger charge is 2.45. The fourth-order valence-corrected chi connectivity index (χ4v) is 4.26. The summed E-state index contributed by atoms with van der Waals surface area (Å²) in [6.07, 6.45) is 4.73. The number of ether oxygens (including phenoxy) is 2. The van der Waals surface area contributed by atoms with Crippen LogP contribution in [0.25, 0.3) is 11.0 Å². The average molecular weight is 469 g/mol. The van der Waals surface area contributed by atoms with Gasteiger partial charge in [0, 0.05) is 12.4 Å². The Labute approximate surface area is 201 Å². The standard InChI is InChI=1S/C27H23N3O5/c1-4-13-34-20-10-8-17(15-21(20)33-5-2)23-22-24(31)18-14-16(3)7-9-19(18)35-25(22)26(32)30(23)27-28-11-6-12-29-27/h4,6-12,14-15,23H,1,5,13H2,2-3H3. The van der Waals surface area contributed by atoms with Crippen LogP contribution in [0, 0.1) is 6.92 Å². The Hall–Kier alpha value is -4.46. The van der Waals surface area contributed by atoms with Crippen LogP contribution < -0.4 is 19.8 Å². The second-order valence-corrected chi connectivity index (χ2v) is 8.04. The molecular formula is C27H23N3O5. The van der Waals surface area contributed by atoms with Crippen LogP contribution in [0.4, 0.5) is 5.95 Å². The van der Waals surface area contributed by atoms with E-state index in [-0.39, 0.29) is 22.7 Å². The van der Waals surface area contributed by atoms with Crippen molar-refractivity contribution >= 4 is 22.8 Å². The average Bonchev–Trinajstić information content (AvgIpc) is 3.17. The molecule has 2 aromatic heterocycles. The molecule has 176 valence electrons. The smallest absolute Gasteiger partial charge is 0.297 e. The first kappa shape index (κ1) is 22.3. The lowest BCUT2D eigenvalue weighted by molar-refractivity contribution is 0.0969. The SMILES string of the molecule is C=CCOc1ccc(C2c3c(oc4ccc(C)cc4c3=O)C(=O)N2c2ncccn2)cc1OCC. The van der Waals surface area contributed by atoms with E-state index in [1.165, 1.54) is 4.90 Å². The van der Waals surface area contributed by atoms with E-state index in [0.29, 0.717) is 41.2 Å². The number of benzene rings is 2. The van der Waals surface area contributed by atoms with Crippen LogP contribution in [0.15, 0.2) is 76.7 Å². The van der Waals surface area contributed by atoms with Gasteiger partial charge in [0.2, 0.25) is 11.7 Å². The van der Waals surface area contributed by atoms with Crippen LogP contribution in [0.5, 0.6) is 11.5 Å². The molecule has 0 aliphatic carbocycles. The number of anilines is 1. The summed E-state index contributed by atoms with van der Waals surface area (Å²) in [6.45, 7) is 8.16. The van der Waals surface area contributed by atoms with E-state index in [9.17, 15) is 9.59 Å². The molecule has 2 aromatic carbocycles. The molecule has 1 unspecified atom stereocenters. The molecule has 0 N–H and O–H groups in total. The second-order valence-electron chi connectivity index (χ2n) is 8.04. The number of nitrogens with zero attached hydrogens (tertiary/aromatic N) is 3. The first-order valence-corrected chi connectivity index (χ1v) is 11.2. The third-order valence-electron chi connectivity index (χ3n) is 5.73. The van der Waals surface area contributed by atoms with Gasteiger partial charge < -0.3 is 13.9 Å². The van der Waals surface area contributed by atoms with E-state index in [4.69, 9.17) is 13.9 Å². The molecule has 0 radical (unpaired) electrons. The molecule has 0 fully saturated rings. The quantitative estimate of drug-likeness (QED) is 0.365. The van der Waals surface area contributed by atoms with Crippen LogP contribution in [-0.4, -0.2) is 29.1 Å². The Kier molecular flexibility index (Phi) is 5.78. The van der Waals surface area contributed by atoms with Gasteiger partial charge >= 0.3 is 0 Å². The highest BCUT2D eigenvalue weighted by molar-refractivity contribution is 6.09. The number of aryl methyl sites for hydroxylation is 1. The molecule has 0 saturated carbocycles. The molecule has 0 saturated heterocycles. The third-order valence-corrected chi connectivity index (χ3v) is 5.73. The number of carbonyl (C=O) groups is 1. The van der Waals surface area contributed by atoms with Crippen LogP contribution in [0.1, 0.15) is 40.2 Å². The Morgan fingerprint density at radius 2 is 1.89 bits per heavy atom. The molecule has 4 aromatic rings. The summed E-state index contributed by atoms with van der Waals surface area (Å²) in [5.41, 5.74) is 1.87. The van der Waals surface area contributed by atoms with Crippen molar-refractivity contribution in [2.24, 2.45) is 0 Å². The third kappa shape index (κ3) is 3.82. The molecular weight excluding hydrogens is 446 g/mol. The molecule has 0 spiro atoms. The van der Waals surface area contributed by atoms with Crippen molar-refractivity contribution in [3.05, 3.63) is 100 Å². The number of amides is 1. The molecule has 5 rings (SSSR count). The van der Waals surface area contributed by atoms with Crippen LogP contribution in [0.3, 0.4) is 0 Å². The normalized spacial score (nSPS) is 14.7. The Balaban J connectivity index is 1.75. The zero-order valence-corrected chi connectivity index (χ0v) is 19.4. The summed E-state index contributed by atoms with van der Waals surface area (Å²) in [7, 11) is 0. The number of carbonyl (C=O) groups excluding carboxylic acids is 1. The number of hydrogen-bond donors (Lipinski definition) is 0. The first-order chi connectivity index (χ1) is 17.0. The Morgan fingerprint density at radius 1 is 1.09 bits per heavy atom. The molecule has 8 heteroatoms. The molecule has 8 nitrogen and oxygen atoms in total. The lowest BCUT2D eigenvalue weighted by Gasteiger charge is -2.24. The minimum Gasteiger partial charge on any atom is -0.490 e. The van der Waals surface area contributed by atoms with E-state index in [1.807, 2.05) is 19.9 Å². The molecule has 1 aliphatic rings. The molecule has 3 heterocycles. The van der Waals surface area contributed by atoms with Gasteiger partial charge in [-0.05, 0) is 49.7 Å². The predicted octanol–water partition coefficient (Wildman–Crippen LogP) is 4.60. The lowest BCUT2D eigenvalue weighted by atomic mass is 9.98. The molecule has 0 bridgehead atoms. The van der Waals surface area contributed by atoms with Crippen molar-refractivity contribution in [1.29, 1.82) is 0 Å². The largest absolute Gasteiger partial charge is 0.490 e. The van der Waals surface area contributed by atoms with Crippen molar-refractivity contribution < 1.29 is 18.7 Å². The van der Waals surface area contributed by atoms with Crippen LogP contribution >= 0.6 is 0 Å². The van der Waals surface area contributed by atoms with Gasteiger partial charge in [-0.1, -0.05) is 30.4 Å². The van der Waals surface area contributed by atoms with Gasteiger partial charge in [0.15, 0.2) is 16.9 Å². The fourth-order valence-electron chi connectivity index (χ4n) is 4.26. The van der Waals surface area contributed by atoms with Gasteiger partial charge in [0.1, 0.15) is 12.2 Å². The monoisotopic (exact) mass is 469 g/mol. The van der Waals surface area contributed by atoms with Gasteiger partial charge in [-0.15, -0.1) is 0 Å². The predicted molar refractivity (Wildman–Crippen MR) is 131 cm³/mol. The van der Waals surface area contributed by atoms with Crippen molar-refractivity contribution in [3.63, 3.8) is 0 Å². The topological polar surface area (TPSA) is 94.8 Å². The van der Waals surface area contributed by atoms with E-state index >= 15 is 0 Å². The van der Waals surface area contributed by atoms with Gasteiger partial charge in [-0.25, -0.2) is 9.97 Å². The highest BCUT2D eigenvalue weighted by Crippen LogP contribution is 2.42. The minimum absolute atomic E-state index is 0.0197. The van der Waals surface area contributed by atoms with Gasteiger partial charge in [0.05, 0.1) is 23.6 Å². The minimum atomic E-state index is -0.811. The maximum atomic E-state index is 13.8. The summed E-state index contributed by atoms with van der Waals surface area (Å²) in [5.74, 6) is 0.680. The second kappa shape index (κ2) is 9.06. The van der Waals surface area contributed by atoms with Crippen molar-refractivity contribution in [3.8, 4) is 11.5 Å². The number of aromatic nitrogens is 2. The van der Waals surface area contributed by atoms with Crippen molar-refractivity contribution in [1.82, 2.24) is 9.97 Å². The van der Waals surface area contributed by atoms with E-state index in [0.717, 1.165) is 5.56 Å². The van der Waals surface area contributed by atoms with Crippen molar-refractivity contribution in [2.45, 2.75) is 19.9 Å². The van der Waals surface area contributed by atoms with Gasteiger partial charge in [-0.2, -0.15) is 0 Å². The summed E-state index contributed by atoms with van der Waals surface area (Å²) in [6, 6.07) is 11.5. The fraction of sp³-hybridized carbons (Fsp3) is 0.185. The molecule has 1 atom stereocenters. The van der Waals surface area contributed by atoms with Gasteiger partial charge in [0.25, 0.3) is 5.91 Å². The number of hydrogen-bond acceptors (Lipinski definition) is 7. The summed E-state index contributed by atoms with van der Waals surface area (Å²) in [4.78, 5) is 37.3. The van der Waals surface area contributed by atoms with E-state index in [2.05, 4.69) is 16.5 Å². The maximum absolute atomic E-state index is 13.8. The highest BCUT2D eigenvalue weighted by atomic mass is 16.5. The lowest BCUT2D eigenvalue weighted by Crippen LogP contribution is -2.31. The van der Waals surface area contributed by atoms with E-state index < -0.39 is 11.9 Å². The van der Waals surface area contributed by atoms with Gasteiger partial charge in [-0.3, -0.25) is 14.5 Å². The zero-order chi connectivity index (χ0) is 24.5. The van der Waals surface area contributed by atoms with Crippen LogP contribution in [0.2, 0.25) is 0 Å². The van der Waals surface area contributed by atoms with E-state index in [1.54, 1.807) is 54.9 Å². The molecule has 35 heavy (non-hydrogen) atoms. The van der Waals surface area contributed by atoms with Crippen molar-refractivity contribution in [2.75, 3.05) is 18.1 Å². The zero-order valence-electron chi connectivity index (χ0n) is 19.4. The summed E-state index contributed by atoms with van der Waals surface area (Å²) in [5, 5.41) is 0.411. The maximum Gasteiger partial charge on any atom is 0.297 e. The molecule has 1 aliphatic heterocycles. The Morgan fingerprint density at radius 3 is 2.63 bits per heavy atom. The number of rotatable bonds is 7. The molecule has 1 amide bonds. The summed E-state index contributed by atoms with van der Waals surface area (Å²) < 4.78 is 17.5.